The molecule has 6 heteroatoms. The van der Waals surface area contributed by atoms with Crippen molar-refractivity contribution < 1.29 is 9.53 Å². The van der Waals surface area contributed by atoms with Gasteiger partial charge in [-0.05, 0) is 38.1 Å². The van der Waals surface area contributed by atoms with Crippen molar-refractivity contribution >= 4 is 17.6 Å². The van der Waals surface area contributed by atoms with Crippen LogP contribution in [0.4, 0.5) is 0 Å². The summed E-state index contributed by atoms with van der Waals surface area (Å²) in [6.07, 6.45) is 2.75. The van der Waals surface area contributed by atoms with Crippen LogP contribution < -0.4 is 5.43 Å². The summed E-state index contributed by atoms with van der Waals surface area (Å²) < 4.78 is 6.28. The van der Waals surface area contributed by atoms with Crippen LogP contribution in [0.1, 0.15) is 23.1 Å². The number of aromatic nitrogens is 2. The highest BCUT2D eigenvalue weighted by Gasteiger charge is 2.16. The number of carbonyl (C=O) groups excluding carboxylic acids is 1. The molecule has 0 amide bonds. The Morgan fingerprint density at radius 1 is 1.33 bits per heavy atom. The van der Waals surface area contributed by atoms with E-state index in [4.69, 9.17) is 16.3 Å². The predicted octanol–water partition coefficient (Wildman–Crippen LogP) is 2.88. The molecular weight excluding hydrogens is 292 g/mol. The van der Waals surface area contributed by atoms with Gasteiger partial charge in [0, 0.05) is 16.8 Å². The van der Waals surface area contributed by atoms with E-state index in [9.17, 15) is 9.59 Å². The average molecular weight is 305 g/mol. The van der Waals surface area contributed by atoms with Gasteiger partial charge >= 0.3 is 5.97 Å². The van der Waals surface area contributed by atoms with E-state index < -0.39 is 11.4 Å². The summed E-state index contributed by atoms with van der Waals surface area (Å²) in [5, 5.41) is 4.67. The molecule has 21 heavy (non-hydrogen) atoms. The third-order valence-electron chi connectivity index (χ3n) is 2.68. The number of ether oxygens (including phenoxy) is 1. The summed E-state index contributed by atoms with van der Waals surface area (Å²) >= 11 is 5.84. The molecule has 0 aliphatic heterocycles. The molecule has 0 fully saturated rings. The third-order valence-corrected chi connectivity index (χ3v) is 2.94. The number of allylic oxidation sites excluding steroid dienone is 1. The normalized spacial score (nSPS) is 10.8. The molecule has 0 N–H and O–H groups in total. The van der Waals surface area contributed by atoms with E-state index in [0.717, 1.165) is 0 Å². The van der Waals surface area contributed by atoms with E-state index in [2.05, 4.69) is 5.10 Å². The highest BCUT2D eigenvalue weighted by Crippen LogP contribution is 2.13. The first kappa shape index (κ1) is 15.0. The first-order valence-electron chi connectivity index (χ1n) is 6.22. The Bertz CT molecular complexity index is 749. The quantitative estimate of drug-likeness (QED) is 0.646. The van der Waals surface area contributed by atoms with E-state index in [1.165, 1.54) is 17.0 Å². The molecule has 0 spiro atoms. The van der Waals surface area contributed by atoms with Crippen molar-refractivity contribution in [1.29, 1.82) is 0 Å². The van der Waals surface area contributed by atoms with Gasteiger partial charge in [0.1, 0.15) is 0 Å². The molecule has 0 aliphatic carbocycles. The van der Waals surface area contributed by atoms with Crippen molar-refractivity contribution in [3.05, 3.63) is 69.3 Å². The standard InChI is InChI=1S/C15H13ClN2O3/c1-3-8-21-15(20)14-13(19)9-10(2)18(17-14)12-6-4-11(16)5-7-12/h3-9H,1-2H3/b8-3-. The number of hydrogen-bond acceptors (Lipinski definition) is 4. The van der Waals surface area contributed by atoms with Gasteiger partial charge in [0.25, 0.3) is 0 Å². The molecule has 0 saturated carbocycles. The molecule has 0 unspecified atom stereocenters. The van der Waals surface area contributed by atoms with Crippen LogP contribution >= 0.6 is 11.6 Å². The summed E-state index contributed by atoms with van der Waals surface area (Å²) in [5.74, 6) is -0.791. The predicted molar refractivity (Wildman–Crippen MR) is 79.8 cm³/mol. The lowest BCUT2D eigenvalue weighted by Crippen LogP contribution is -2.23. The minimum Gasteiger partial charge on any atom is -0.430 e. The second-order valence-corrected chi connectivity index (χ2v) is 4.70. The highest BCUT2D eigenvalue weighted by molar-refractivity contribution is 6.30. The van der Waals surface area contributed by atoms with Gasteiger partial charge in [-0.1, -0.05) is 17.7 Å². The fraction of sp³-hybridized carbons (Fsp3) is 0.133. The van der Waals surface area contributed by atoms with Crippen LogP contribution in [0.3, 0.4) is 0 Å². The van der Waals surface area contributed by atoms with Crippen molar-refractivity contribution in [1.82, 2.24) is 9.78 Å². The largest absolute Gasteiger partial charge is 0.430 e. The molecule has 0 bridgehead atoms. The maximum absolute atomic E-state index is 11.9. The summed E-state index contributed by atoms with van der Waals surface area (Å²) in [6, 6.07) is 8.23. The molecule has 1 aromatic carbocycles. The first-order valence-corrected chi connectivity index (χ1v) is 6.60. The molecule has 1 aromatic heterocycles. The average Bonchev–Trinajstić information content (AvgIpc) is 2.46. The lowest BCUT2D eigenvalue weighted by Gasteiger charge is -2.10. The van der Waals surface area contributed by atoms with E-state index in [1.54, 1.807) is 44.2 Å². The van der Waals surface area contributed by atoms with Gasteiger partial charge in [0.2, 0.25) is 11.1 Å². The molecule has 0 atom stereocenters. The molecule has 0 aliphatic rings. The van der Waals surface area contributed by atoms with Crippen LogP contribution in [-0.4, -0.2) is 15.7 Å². The molecule has 1 heterocycles. The van der Waals surface area contributed by atoms with Crippen LogP contribution in [0.2, 0.25) is 5.02 Å². The monoisotopic (exact) mass is 304 g/mol. The second kappa shape index (κ2) is 6.37. The van der Waals surface area contributed by atoms with Crippen LogP contribution in [0.25, 0.3) is 5.69 Å². The van der Waals surface area contributed by atoms with Gasteiger partial charge in [-0.25, -0.2) is 9.48 Å². The Kier molecular flexibility index (Phi) is 4.55. The fourth-order valence-electron chi connectivity index (χ4n) is 1.72. The summed E-state index contributed by atoms with van der Waals surface area (Å²) in [7, 11) is 0. The van der Waals surface area contributed by atoms with Gasteiger partial charge in [-0.3, -0.25) is 4.79 Å². The zero-order valence-corrected chi connectivity index (χ0v) is 12.3. The van der Waals surface area contributed by atoms with Crippen LogP contribution in [0.15, 0.2) is 47.5 Å². The van der Waals surface area contributed by atoms with E-state index in [-0.39, 0.29) is 5.69 Å². The molecule has 2 rings (SSSR count). The zero-order chi connectivity index (χ0) is 15.4. The van der Waals surface area contributed by atoms with Crippen LogP contribution in [0.5, 0.6) is 0 Å². The molecular formula is C15H13ClN2O3. The minimum atomic E-state index is -0.791. The first-order chi connectivity index (χ1) is 10.0. The zero-order valence-electron chi connectivity index (χ0n) is 11.5. The summed E-state index contributed by atoms with van der Waals surface area (Å²) in [5.41, 5.74) is 0.544. The molecule has 0 radical (unpaired) electrons. The van der Waals surface area contributed by atoms with Crippen molar-refractivity contribution in [2.75, 3.05) is 0 Å². The van der Waals surface area contributed by atoms with Gasteiger partial charge in [-0.2, -0.15) is 5.10 Å². The molecule has 5 nitrogen and oxygen atoms in total. The van der Waals surface area contributed by atoms with E-state index in [0.29, 0.717) is 16.4 Å². The summed E-state index contributed by atoms with van der Waals surface area (Å²) in [4.78, 5) is 23.7. The number of benzene rings is 1. The Labute approximate surface area is 126 Å². The molecule has 2 aromatic rings. The van der Waals surface area contributed by atoms with Crippen LogP contribution in [0, 0.1) is 6.92 Å². The number of hydrogen-bond donors (Lipinski definition) is 0. The Hall–Kier alpha value is -2.40. The topological polar surface area (TPSA) is 61.2 Å². The van der Waals surface area contributed by atoms with Gasteiger partial charge in [0.15, 0.2) is 0 Å². The maximum atomic E-state index is 11.9. The van der Waals surface area contributed by atoms with Gasteiger partial charge in [-0.15, -0.1) is 0 Å². The van der Waals surface area contributed by atoms with Crippen LogP contribution in [-0.2, 0) is 4.74 Å². The fourth-order valence-corrected chi connectivity index (χ4v) is 1.84. The van der Waals surface area contributed by atoms with Crippen molar-refractivity contribution in [3.63, 3.8) is 0 Å². The van der Waals surface area contributed by atoms with Crippen molar-refractivity contribution in [3.8, 4) is 5.69 Å². The summed E-state index contributed by atoms with van der Waals surface area (Å²) in [6.45, 7) is 3.42. The Balaban J connectivity index is 2.50. The lowest BCUT2D eigenvalue weighted by atomic mass is 10.3. The van der Waals surface area contributed by atoms with Gasteiger partial charge in [0.05, 0.1) is 11.9 Å². The molecule has 0 saturated heterocycles. The SMILES string of the molecule is C/C=C\OC(=O)c1nn(-c2ccc(Cl)cc2)c(C)cc1=O. The third kappa shape index (κ3) is 3.38. The van der Waals surface area contributed by atoms with E-state index >= 15 is 0 Å². The maximum Gasteiger partial charge on any atom is 0.367 e. The van der Waals surface area contributed by atoms with Crippen molar-refractivity contribution in [2.45, 2.75) is 13.8 Å². The number of halogens is 1. The number of esters is 1. The second-order valence-electron chi connectivity index (χ2n) is 4.26. The van der Waals surface area contributed by atoms with Gasteiger partial charge < -0.3 is 4.74 Å². The lowest BCUT2D eigenvalue weighted by molar-refractivity contribution is 0.0652. The smallest absolute Gasteiger partial charge is 0.367 e. The molecule has 108 valence electrons. The number of aryl methyl sites for hydroxylation is 1. The number of nitrogens with zero attached hydrogens (tertiary/aromatic N) is 2. The van der Waals surface area contributed by atoms with E-state index in [1.807, 2.05) is 0 Å². The minimum absolute atomic E-state index is 0.270. The highest BCUT2D eigenvalue weighted by atomic mass is 35.5. The Morgan fingerprint density at radius 2 is 2.00 bits per heavy atom. The number of carbonyl (C=O) groups is 1. The Morgan fingerprint density at radius 3 is 2.62 bits per heavy atom. The van der Waals surface area contributed by atoms with Crippen molar-refractivity contribution in [2.24, 2.45) is 0 Å². The number of rotatable bonds is 3.